The number of nitriles is 1. The molecule has 0 N–H and O–H groups in total. The molecular weight excluding hydrogens is 372 g/mol. The van der Waals surface area contributed by atoms with E-state index >= 15 is 0 Å². The second-order valence-corrected chi connectivity index (χ2v) is 6.34. The van der Waals surface area contributed by atoms with E-state index in [2.05, 4.69) is 16.2 Å². The minimum atomic E-state index is -0.543. The minimum Gasteiger partial charge on any atom is -0.334 e. The lowest BCUT2D eigenvalue weighted by molar-refractivity contribution is -0.384. The Morgan fingerprint density at radius 2 is 2.03 bits per heavy atom. The fourth-order valence-corrected chi connectivity index (χ4v) is 2.94. The highest BCUT2D eigenvalue weighted by Crippen LogP contribution is 2.24. The van der Waals surface area contributed by atoms with E-state index in [0.29, 0.717) is 18.7 Å². The number of carbonyl (C=O) groups excluding carboxylic acids is 1. The van der Waals surface area contributed by atoms with Crippen LogP contribution < -0.4 is 0 Å². The quantitative estimate of drug-likeness (QED) is 0.452. The van der Waals surface area contributed by atoms with Gasteiger partial charge >= 0.3 is 0 Å². The van der Waals surface area contributed by atoms with E-state index in [0.717, 1.165) is 12.0 Å². The molecule has 0 aliphatic rings. The van der Waals surface area contributed by atoms with Crippen LogP contribution in [0.15, 0.2) is 55.1 Å². The summed E-state index contributed by atoms with van der Waals surface area (Å²) < 4.78 is 1.28. The van der Waals surface area contributed by atoms with Crippen molar-refractivity contribution >= 4 is 11.6 Å². The van der Waals surface area contributed by atoms with Crippen LogP contribution >= 0.6 is 0 Å². The lowest BCUT2D eigenvalue weighted by atomic mass is 10.1. The summed E-state index contributed by atoms with van der Waals surface area (Å²) in [5.41, 5.74) is 1.65. The third kappa shape index (κ3) is 4.44. The van der Waals surface area contributed by atoms with Gasteiger partial charge in [0.2, 0.25) is 0 Å². The molecule has 1 amide bonds. The van der Waals surface area contributed by atoms with E-state index < -0.39 is 4.92 Å². The van der Waals surface area contributed by atoms with Crippen molar-refractivity contribution in [2.45, 2.75) is 19.9 Å². The number of benzene rings is 2. The van der Waals surface area contributed by atoms with Crippen molar-refractivity contribution < 1.29 is 9.72 Å². The maximum Gasteiger partial charge on any atom is 0.295 e. The number of nitro benzene ring substituents is 1. The number of rotatable bonds is 7. The van der Waals surface area contributed by atoms with E-state index in [1.807, 2.05) is 6.92 Å². The molecule has 0 fully saturated rings. The van der Waals surface area contributed by atoms with Crippen molar-refractivity contribution in [2.75, 3.05) is 6.54 Å². The Balaban J connectivity index is 1.90. The van der Waals surface area contributed by atoms with Gasteiger partial charge in [-0.15, -0.1) is 0 Å². The highest BCUT2D eigenvalue weighted by atomic mass is 16.6. The molecule has 1 heterocycles. The van der Waals surface area contributed by atoms with Gasteiger partial charge in [-0.05, 0) is 36.2 Å². The number of aromatic nitrogens is 3. The third-order valence-corrected chi connectivity index (χ3v) is 4.32. The molecule has 0 bridgehead atoms. The molecule has 29 heavy (non-hydrogen) atoms. The molecule has 1 aromatic heterocycles. The van der Waals surface area contributed by atoms with Crippen molar-refractivity contribution in [1.29, 1.82) is 5.26 Å². The fraction of sp³-hybridized carbons (Fsp3) is 0.200. The first-order chi connectivity index (χ1) is 14.0. The van der Waals surface area contributed by atoms with Crippen LogP contribution in [0.5, 0.6) is 0 Å². The zero-order valence-corrected chi connectivity index (χ0v) is 15.7. The van der Waals surface area contributed by atoms with Crippen molar-refractivity contribution in [3.63, 3.8) is 0 Å². The smallest absolute Gasteiger partial charge is 0.295 e. The highest BCUT2D eigenvalue weighted by Gasteiger charge is 2.22. The summed E-state index contributed by atoms with van der Waals surface area (Å²) >= 11 is 0. The van der Waals surface area contributed by atoms with Gasteiger partial charge in [0.1, 0.15) is 18.3 Å². The maximum atomic E-state index is 13.1. The van der Waals surface area contributed by atoms with Gasteiger partial charge in [0.25, 0.3) is 11.6 Å². The molecule has 146 valence electrons. The minimum absolute atomic E-state index is 0.225. The molecule has 0 aliphatic carbocycles. The van der Waals surface area contributed by atoms with E-state index in [-0.39, 0.29) is 22.8 Å². The van der Waals surface area contributed by atoms with Crippen molar-refractivity contribution in [3.05, 3.63) is 81.9 Å². The van der Waals surface area contributed by atoms with Crippen LogP contribution in [0.3, 0.4) is 0 Å². The van der Waals surface area contributed by atoms with Gasteiger partial charge in [0.05, 0.1) is 16.6 Å². The van der Waals surface area contributed by atoms with Crippen LogP contribution in [0.2, 0.25) is 0 Å². The second kappa shape index (κ2) is 8.75. The molecule has 0 saturated carbocycles. The molecule has 0 spiro atoms. The zero-order chi connectivity index (χ0) is 20.8. The number of amides is 1. The lowest BCUT2D eigenvalue weighted by Crippen LogP contribution is -2.31. The number of nitro groups is 1. The molecule has 0 radical (unpaired) electrons. The SMILES string of the molecule is CCCN(Cc1ccc(C#N)cc1)C(=O)c1ccc(-n2cncn2)c([N+](=O)[O-])c1. The van der Waals surface area contributed by atoms with E-state index in [9.17, 15) is 14.9 Å². The number of hydrogen-bond acceptors (Lipinski definition) is 6. The van der Waals surface area contributed by atoms with Gasteiger partial charge in [-0.1, -0.05) is 19.1 Å². The van der Waals surface area contributed by atoms with E-state index in [4.69, 9.17) is 5.26 Å². The Morgan fingerprint density at radius 1 is 1.28 bits per heavy atom. The van der Waals surface area contributed by atoms with Gasteiger partial charge in [0.15, 0.2) is 0 Å². The normalized spacial score (nSPS) is 10.3. The number of carbonyl (C=O) groups is 1. The van der Waals surface area contributed by atoms with E-state index in [1.54, 1.807) is 35.2 Å². The van der Waals surface area contributed by atoms with Gasteiger partial charge in [-0.2, -0.15) is 10.4 Å². The number of hydrogen-bond donors (Lipinski definition) is 0. The molecule has 0 saturated heterocycles. The standard InChI is InChI=1S/C20H18N6O3/c1-2-9-24(12-16-5-3-15(11-21)4-6-16)20(27)17-7-8-18(19(10-17)26(28)29)25-14-22-13-23-25/h3-8,10,13-14H,2,9,12H2,1H3. The van der Waals surface area contributed by atoms with Crippen molar-refractivity contribution in [1.82, 2.24) is 19.7 Å². The van der Waals surface area contributed by atoms with Gasteiger partial charge in [-0.3, -0.25) is 14.9 Å². The molecule has 0 atom stereocenters. The Bertz CT molecular complexity index is 1050. The highest BCUT2D eigenvalue weighted by molar-refractivity contribution is 5.95. The van der Waals surface area contributed by atoms with Crippen LogP contribution in [0.4, 0.5) is 5.69 Å². The number of nitrogens with zero attached hydrogens (tertiary/aromatic N) is 6. The molecule has 0 unspecified atom stereocenters. The summed E-state index contributed by atoms with van der Waals surface area (Å²) in [5.74, 6) is -0.301. The molecule has 3 aromatic rings. The van der Waals surface area contributed by atoms with Gasteiger partial charge in [0, 0.05) is 24.7 Å². The monoisotopic (exact) mass is 390 g/mol. The zero-order valence-electron chi connectivity index (χ0n) is 15.7. The molecule has 2 aromatic carbocycles. The van der Waals surface area contributed by atoms with Crippen LogP contribution in [-0.4, -0.2) is 37.0 Å². The van der Waals surface area contributed by atoms with Gasteiger partial charge in [-0.25, -0.2) is 9.67 Å². The third-order valence-electron chi connectivity index (χ3n) is 4.32. The Kier molecular flexibility index (Phi) is 5.94. The van der Waals surface area contributed by atoms with Crippen LogP contribution in [0.1, 0.15) is 34.8 Å². The fourth-order valence-electron chi connectivity index (χ4n) is 2.94. The summed E-state index contributed by atoms with van der Waals surface area (Å²) in [6.45, 7) is 2.80. The predicted octanol–water partition coefficient (Wildman–Crippen LogP) is 3.10. The summed E-state index contributed by atoms with van der Waals surface area (Å²) in [7, 11) is 0. The maximum absolute atomic E-state index is 13.1. The average molecular weight is 390 g/mol. The van der Waals surface area contributed by atoms with Gasteiger partial charge < -0.3 is 4.90 Å². The predicted molar refractivity (Wildman–Crippen MR) is 104 cm³/mol. The van der Waals surface area contributed by atoms with Crippen LogP contribution in [0, 0.1) is 21.4 Å². The largest absolute Gasteiger partial charge is 0.334 e. The summed E-state index contributed by atoms with van der Waals surface area (Å²) in [4.78, 5) is 29.5. The first-order valence-electron chi connectivity index (χ1n) is 8.95. The molecule has 9 nitrogen and oxygen atoms in total. The molecular formula is C20H18N6O3. The summed E-state index contributed by atoms with van der Waals surface area (Å²) in [6, 6.07) is 13.3. The molecule has 0 aliphatic heterocycles. The van der Waals surface area contributed by atoms with Crippen LogP contribution in [0.25, 0.3) is 5.69 Å². The summed E-state index contributed by atoms with van der Waals surface area (Å²) in [6.07, 6.45) is 3.38. The molecule has 9 heteroatoms. The lowest BCUT2D eigenvalue weighted by Gasteiger charge is -2.22. The summed E-state index contributed by atoms with van der Waals surface area (Å²) in [5, 5.41) is 24.4. The topological polar surface area (TPSA) is 118 Å². The van der Waals surface area contributed by atoms with Crippen LogP contribution in [-0.2, 0) is 6.54 Å². The van der Waals surface area contributed by atoms with E-state index in [1.165, 1.54) is 29.5 Å². The molecule has 3 rings (SSSR count). The average Bonchev–Trinajstić information content (AvgIpc) is 3.27. The Labute approximate surface area is 167 Å². The second-order valence-electron chi connectivity index (χ2n) is 6.34. The van der Waals surface area contributed by atoms with Crippen molar-refractivity contribution in [3.8, 4) is 11.8 Å². The first-order valence-corrected chi connectivity index (χ1v) is 8.95. The van der Waals surface area contributed by atoms with Crippen molar-refractivity contribution in [2.24, 2.45) is 0 Å². The Morgan fingerprint density at radius 3 is 2.62 bits per heavy atom. The first kappa shape index (κ1) is 19.7. The Hall–Kier alpha value is -4.06.